The summed E-state index contributed by atoms with van der Waals surface area (Å²) < 4.78 is 16.7. The molecule has 0 N–H and O–H groups in total. The van der Waals surface area contributed by atoms with Gasteiger partial charge in [-0.3, -0.25) is 4.79 Å². The monoisotopic (exact) mass is 434 g/mol. The molecule has 1 fully saturated rings. The van der Waals surface area contributed by atoms with Gasteiger partial charge in [0, 0.05) is 61.0 Å². The molecule has 1 aliphatic rings. The summed E-state index contributed by atoms with van der Waals surface area (Å²) >= 11 is 0. The smallest absolute Gasteiger partial charge is 0.246 e. The summed E-state index contributed by atoms with van der Waals surface area (Å²) in [5.41, 5.74) is 4.81. The predicted molar refractivity (Wildman–Crippen MR) is 128 cm³/mol. The second-order valence-corrected chi connectivity index (χ2v) is 8.17. The number of hydrogen-bond donors (Lipinski definition) is 0. The third-order valence-electron chi connectivity index (χ3n) is 6.27. The maximum atomic E-state index is 13.0. The van der Waals surface area contributed by atoms with E-state index in [0.29, 0.717) is 18.8 Å². The minimum absolute atomic E-state index is 0.0232. The van der Waals surface area contributed by atoms with E-state index < -0.39 is 0 Å². The number of ether oxygens (including phenoxy) is 2. The van der Waals surface area contributed by atoms with Crippen molar-refractivity contribution in [3.05, 3.63) is 59.4 Å². The molecule has 0 atom stereocenters. The molecule has 1 saturated heterocycles. The second kappa shape index (κ2) is 8.99. The number of aryl methyl sites for hydroxylation is 2. The van der Waals surface area contributed by atoms with Crippen molar-refractivity contribution in [2.24, 2.45) is 0 Å². The molecule has 1 aliphatic heterocycles. The molecular weight excluding hydrogens is 404 g/mol. The van der Waals surface area contributed by atoms with Crippen LogP contribution in [0, 0.1) is 13.8 Å². The van der Waals surface area contributed by atoms with E-state index in [-0.39, 0.29) is 5.91 Å². The zero-order valence-corrected chi connectivity index (χ0v) is 19.4. The van der Waals surface area contributed by atoms with Crippen molar-refractivity contribution in [3.63, 3.8) is 0 Å². The van der Waals surface area contributed by atoms with Crippen LogP contribution in [0.4, 0.5) is 5.69 Å². The molecule has 0 aliphatic carbocycles. The number of carbonyl (C=O) groups is 1. The third-order valence-corrected chi connectivity index (χ3v) is 6.27. The van der Waals surface area contributed by atoms with Gasteiger partial charge in [-0.25, -0.2) is 0 Å². The van der Waals surface area contributed by atoms with Crippen LogP contribution >= 0.6 is 0 Å². The number of piperazine rings is 1. The van der Waals surface area contributed by atoms with Crippen LogP contribution in [-0.2, 0) is 4.79 Å². The average molecular weight is 435 g/mol. The number of benzene rings is 2. The van der Waals surface area contributed by atoms with Gasteiger partial charge >= 0.3 is 0 Å². The van der Waals surface area contributed by atoms with Crippen molar-refractivity contribution < 1.29 is 18.7 Å². The Hall–Kier alpha value is -3.41. The van der Waals surface area contributed by atoms with E-state index in [1.165, 1.54) is 0 Å². The number of hydrogen-bond acceptors (Lipinski definition) is 5. The number of furan rings is 1. The molecule has 6 nitrogen and oxygen atoms in total. The van der Waals surface area contributed by atoms with Gasteiger partial charge in [-0.2, -0.15) is 0 Å². The van der Waals surface area contributed by atoms with Crippen molar-refractivity contribution in [2.45, 2.75) is 20.8 Å². The van der Waals surface area contributed by atoms with Gasteiger partial charge in [0.15, 0.2) is 0 Å². The lowest BCUT2D eigenvalue weighted by molar-refractivity contribution is -0.126. The first-order valence-electron chi connectivity index (χ1n) is 10.9. The molecule has 2 aromatic carbocycles. The van der Waals surface area contributed by atoms with Crippen LogP contribution in [0.15, 0.2) is 46.9 Å². The standard InChI is InChI=1S/C26H30N2O4/c1-17(22-15-23-18(2)19(3)32-25(23)16-24(22)31-5)13-26(29)28-11-9-27(10-12-28)20-7-6-8-21(14-20)30-4/h6-8,13-16H,9-12H2,1-5H3/b17-13+. The molecule has 1 amide bonds. The van der Waals surface area contributed by atoms with Crippen molar-refractivity contribution in [1.82, 2.24) is 4.90 Å². The molecule has 32 heavy (non-hydrogen) atoms. The maximum absolute atomic E-state index is 13.0. The third kappa shape index (κ3) is 4.17. The fourth-order valence-electron chi connectivity index (χ4n) is 4.19. The van der Waals surface area contributed by atoms with Gasteiger partial charge in [-0.15, -0.1) is 0 Å². The molecule has 0 spiro atoms. The summed E-state index contributed by atoms with van der Waals surface area (Å²) in [6.45, 7) is 8.88. The Bertz CT molecular complexity index is 1170. The molecular formula is C26H30N2O4. The number of amides is 1. The summed E-state index contributed by atoms with van der Waals surface area (Å²) in [7, 11) is 3.31. The predicted octanol–water partition coefficient (Wildman–Crippen LogP) is 4.82. The van der Waals surface area contributed by atoms with Crippen LogP contribution in [0.3, 0.4) is 0 Å². The number of rotatable bonds is 5. The fourth-order valence-corrected chi connectivity index (χ4v) is 4.19. The highest BCUT2D eigenvalue weighted by Gasteiger charge is 2.21. The largest absolute Gasteiger partial charge is 0.497 e. The van der Waals surface area contributed by atoms with Crippen LogP contribution in [0.5, 0.6) is 11.5 Å². The Morgan fingerprint density at radius 1 is 1.03 bits per heavy atom. The second-order valence-electron chi connectivity index (χ2n) is 8.17. The van der Waals surface area contributed by atoms with Gasteiger partial charge in [-0.1, -0.05) is 6.07 Å². The highest BCUT2D eigenvalue weighted by molar-refractivity contribution is 5.97. The molecule has 4 rings (SSSR count). The van der Waals surface area contributed by atoms with E-state index in [4.69, 9.17) is 13.9 Å². The van der Waals surface area contributed by atoms with Crippen LogP contribution in [0.1, 0.15) is 23.8 Å². The van der Waals surface area contributed by atoms with E-state index in [2.05, 4.69) is 17.0 Å². The Balaban J connectivity index is 1.50. The first-order chi connectivity index (χ1) is 15.4. The lowest BCUT2D eigenvalue weighted by atomic mass is 10.0. The highest BCUT2D eigenvalue weighted by atomic mass is 16.5. The van der Waals surface area contributed by atoms with Crippen molar-refractivity contribution in [3.8, 4) is 11.5 Å². The Morgan fingerprint density at radius 3 is 2.47 bits per heavy atom. The zero-order valence-electron chi connectivity index (χ0n) is 19.4. The van der Waals surface area contributed by atoms with Gasteiger partial charge in [0.05, 0.1) is 14.2 Å². The first kappa shape index (κ1) is 21.8. The molecule has 2 heterocycles. The summed E-state index contributed by atoms with van der Waals surface area (Å²) in [6, 6.07) is 12.0. The molecule has 0 bridgehead atoms. The lowest BCUT2D eigenvalue weighted by Crippen LogP contribution is -2.48. The van der Waals surface area contributed by atoms with Crippen molar-refractivity contribution in [2.75, 3.05) is 45.3 Å². The summed E-state index contributed by atoms with van der Waals surface area (Å²) in [5, 5.41) is 1.05. The number of nitrogens with zero attached hydrogens (tertiary/aromatic N) is 2. The van der Waals surface area contributed by atoms with Crippen molar-refractivity contribution >= 4 is 28.1 Å². The van der Waals surface area contributed by atoms with Gasteiger partial charge in [-0.05, 0) is 50.1 Å². The zero-order chi connectivity index (χ0) is 22.8. The van der Waals surface area contributed by atoms with Crippen LogP contribution in [0.2, 0.25) is 0 Å². The van der Waals surface area contributed by atoms with Crippen LogP contribution < -0.4 is 14.4 Å². The molecule has 168 valence electrons. The number of fused-ring (bicyclic) bond motifs is 1. The fraction of sp³-hybridized carbons (Fsp3) is 0.346. The molecule has 1 aromatic heterocycles. The maximum Gasteiger partial charge on any atom is 0.246 e. The molecule has 3 aromatic rings. The van der Waals surface area contributed by atoms with Gasteiger partial charge in [0.25, 0.3) is 0 Å². The molecule has 0 radical (unpaired) electrons. The Labute approximate surface area is 189 Å². The van der Waals surface area contributed by atoms with Gasteiger partial charge in [0.2, 0.25) is 5.91 Å². The molecule has 0 unspecified atom stereocenters. The minimum Gasteiger partial charge on any atom is -0.497 e. The first-order valence-corrected chi connectivity index (χ1v) is 10.9. The molecule has 6 heteroatoms. The number of carbonyl (C=O) groups excluding carboxylic acids is 1. The Kier molecular flexibility index (Phi) is 6.12. The summed E-state index contributed by atoms with van der Waals surface area (Å²) in [6.07, 6.45) is 1.72. The number of allylic oxidation sites excluding steroid dienone is 1. The summed E-state index contributed by atoms with van der Waals surface area (Å²) in [4.78, 5) is 17.2. The van der Waals surface area contributed by atoms with Crippen LogP contribution in [0.25, 0.3) is 16.5 Å². The Morgan fingerprint density at radius 2 is 1.78 bits per heavy atom. The highest BCUT2D eigenvalue weighted by Crippen LogP contribution is 2.35. The molecule has 0 saturated carbocycles. The average Bonchev–Trinajstić information content (AvgIpc) is 3.10. The SMILES string of the molecule is COc1cccc(N2CCN(C(=O)/C=C(\C)c3cc4c(C)c(C)oc4cc3OC)CC2)c1. The van der Waals surface area contributed by atoms with E-state index in [1.54, 1.807) is 20.3 Å². The van der Waals surface area contributed by atoms with Crippen molar-refractivity contribution in [1.29, 1.82) is 0 Å². The minimum atomic E-state index is 0.0232. The topological polar surface area (TPSA) is 55.2 Å². The van der Waals surface area contributed by atoms with E-state index >= 15 is 0 Å². The van der Waals surface area contributed by atoms with E-state index in [9.17, 15) is 4.79 Å². The van der Waals surface area contributed by atoms with E-state index in [0.717, 1.165) is 58.0 Å². The van der Waals surface area contributed by atoms with E-state index in [1.807, 2.05) is 49.9 Å². The number of anilines is 1. The quantitative estimate of drug-likeness (QED) is 0.539. The van der Waals surface area contributed by atoms with Gasteiger partial charge < -0.3 is 23.7 Å². The normalized spacial score (nSPS) is 14.7. The van der Waals surface area contributed by atoms with Gasteiger partial charge in [0.1, 0.15) is 22.8 Å². The van der Waals surface area contributed by atoms with Crippen LogP contribution in [-0.4, -0.2) is 51.2 Å². The lowest BCUT2D eigenvalue weighted by Gasteiger charge is -2.35. The number of methoxy groups -OCH3 is 2. The summed E-state index contributed by atoms with van der Waals surface area (Å²) in [5.74, 6) is 2.46.